The minimum absolute atomic E-state index is 0.623. The van der Waals surface area contributed by atoms with Crippen molar-refractivity contribution in [2.75, 3.05) is 11.4 Å². The molecule has 2 atom stereocenters. The van der Waals surface area contributed by atoms with E-state index < -0.39 is 0 Å². The topological polar surface area (TPSA) is 3.24 Å². The molecule has 3 heteroatoms. The van der Waals surface area contributed by atoms with E-state index in [2.05, 4.69) is 46.8 Å². The summed E-state index contributed by atoms with van der Waals surface area (Å²) < 4.78 is 0. The van der Waals surface area contributed by atoms with Crippen LogP contribution in [0.2, 0.25) is 5.02 Å². The lowest BCUT2D eigenvalue weighted by Gasteiger charge is -2.39. The zero-order chi connectivity index (χ0) is 12.4. The molecule has 17 heavy (non-hydrogen) atoms. The summed E-state index contributed by atoms with van der Waals surface area (Å²) in [6.07, 6.45) is 2.57. The van der Waals surface area contributed by atoms with Crippen LogP contribution in [-0.4, -0.2) is 12.6 Å². The Morgan fingerprint density at radius 3 is 2.82 bits per heavy atom. The zero-order valence-electron chi connectivity index (χ0n) is 10.4. The smallest absolute Gasteiger partial charge is 0.0410 e. The lowest BCUT2D eigenvalue weighted by Crippen LogP contribution is -2.40. The summed E-state index contributed by atoms with van der Waals surface area (Å²) in [7, 11) is 0. The summed E-state index contributed by atoms with van der Waals surface area (Å²) in [4.78, 5) is 2.52. The van der Waals surface area contributed by atoms with E-state index in [-0.39, 0.29) is 0 Å². The summed E-state index contributed by atoms with van der Waals surface area (Å²) in [5, 5.41) is 1.68. The summed E-state index contributed by atoms with van der Waals surface area (Å²) in [5.41, 5.74) is 2.63. The molecule has 2 rings (SSSR count). The minimum Gasteiger partial charge on any atom is -0.369 e. The minimum atomic E-state index is 0.623. The Bertz CT molecular complexity index is 394. The van der Waals surface area contributed by atoms with E-state index in [0.29, 0.717) is 6.04 Å². The molecule has 1 aromatic carbocycles. The van der Waals surface area contributed by atoms with Gasteiger partial charge in [-0.3, -0.25) is 0 Å². The Kier molecular flexibility index (Phi) is 4.37. The molecule has 1 saturated heterocycles. The van der Waals surface area contributed by atoms with Crippen molar-refractivity contribution in [3.05, 3.63) is 28.8 Å². The third-order valence-electron chi connectivity index (χ3n) is 3.63. The molecule has 0 N–H and O–H groups in total. The summed E-state index contributed by atoms with van der Waals surface area (Å²) in [5.74, 6) is 0.848. The van der Waals surface area contributed by atoms with Crippen LogP contribution in [0.5, 0.6) is 0 Å². The second kappa shape index (κ2) is 5.62. The first-order valence-corrected chi connectivity index (χ1v) is 7.72. The molecule has 0 radical (unpaired) electrons. The van der Waals surface area contributed by atoms with Crippen LogP contribution in [0.1, 0.15) is 32.3 Å². The van der Waals surface area contributed by atoms with Gasteiger partial charge in [-0.1, -0.05) is 34.5 Å². The SMILES string of the molecule is CC1CCN(c2ccc(Cl)cc2CBr)C(C)C1. The van der Waals surface area contributed by atoms with Crippen molar-refractivity contribution < 1.29 is 0 Å². The van der Waals surface area contributed by atoms with Crippen molar-refractivity contribution in [2.45, 2.75) is 38.1 Å². The molecule has 1 fully saturated rings. The highest BCUT2D eigenvalue weighted by molar-refractivity contribution is 9.08. The number of anilines is 1. The number of benzene rings is 1. The van der Waals surface area contributed by atoms with Crippen LogP contribution >= 0.6 is 27.5 Å². The predicted molar refractivity (Wildman–Crippen MR) is 79.3 cm³/mol. The molecule has 0 aromatic heterocycles. The maximum Gasteiger partial charge on any atom is 0.0410 e. The normalized spacial score (nSPS) is 25.1. The van der Waals surface area contributed by atoms with Crippen LogP contribution in [0.4, 0.5) is 5.69 Å². The van der Waals surface area contributed by atoms with Gasteiger partial charge in [-0.2, -0.15) is 0 Å². The van der Waals surface area contributed by atoms with E-state index >= 15 is 0 Å². The van der Waals surface area contributed by atoms with E-state index in [1.807, 2.05) is 6.07 Å². The average molecular weight is 317 g/mol. The second-order valence-electron chi connectivity index (χ2n) is 5.08. The monoisotopic (exact) mass is 315 g/mol. The molecule has 0 aliphatic carbocycles. The van der Waals surface area contributed by atoms with Gasteiger partial charge in [-0.05, 0) is 49.4 Å². The van der Waals surface area contributed by atoms with E-state index in [1.165, 1.54) is 24.1 Å². The predicted octanol–water partition coefficient (Wildman–Crippen LogP) is 4.86. The highest BCUT2D eigenvalue weighted by Crippen LogP contribution is 2.32. The summed E-state index contributed by atoms with van der Waals surface area (Å²) in [6.45, 7) is 5.83. The van der Waals surface area contributed by atoms with Crippen molar-refractivity contribution in [1.29, 1.82) is 0 Å². The van der Waals surface area contributed by atoms with Crippen molar-refractivity contribution in [1.82, 2.24) is 0 Å². The van der Waals surface area contributed by atoms with Gasteiger partial charge in [0.25, 0.3) is 0 Å². The first kappa shape index (κ1) is 13.2. The van der Waals surface area contributed by atoms with E-state index in [0.717, 1.165) is 22.8 Å². The largest absolute Gasteiger partial charge is 0.369 e. The Labute approximate surface area is 117 Å². The standard InChI is InChI=1S/C14H19BrClN/c1-10-5-6-17(11(2)7-10)14-4-3-13(16)8-12(14)9-15/h3-4,8,10-11H,5-7,9H2,1-2H3. The lowest BCUT2D eigenvalue weighted by molar-refractivity contribution is 0.377. The highest BCUT2D eigenvalue weighted by atomic mass is 79.9. The molecule has 1 aromatic rings. The first-order valence-electron chi connectivity index (χ1n) is 6.23. The van der Waals surface area contributed by atoms with Gasteiger partial charge in [0.1, 0.15) is 0 Å². The molecule has 94 valence electrons. The number of hydrogen-bond acceptors (Lipinski definition) is 1. The first-order chi connectivity index (χ1) is 8.11. The molecule has 2 unspecified atom stereocenters. The molecule has 1 aliphatic heterocycles. The molecule has 0 spiro atoms. The average Bonchev–Trinajstić information content (AvgIpc) is 2.30. The highest BCUT2D eigenvalue weighted by Gasteiger charge is 2.24. The van der Waals surface area contributed by atoms with Crippen LogP contribution < -0.4 is 4.90 Å². The Hall–Kier alpha value is -0.210. The summed E-state index contributed by atoms with van der Waals surface area (Å²) in [6, 6.07) is 6.84. The van der Waals surface area contributed by atoms with Crippen molar-refractivity contribution >= 4 is 33.2 Å². The molecule has 1 heterocycles. The van der Waals surface area contributed by atoms with Gasteiger partial charge in [0.05, 0.1) is 0 Å². The number of alkyl halides is 1. The molecule has 0 bridgehead atoms. The molecule has 0 amide bonds. The number of rotatable bonds is 2. The third-order valence-corrected chi connectivity index (χ3v) is 4.47. The van der Waals surface area contributed by atoms with Crippen molar-refractivity contribution in [2.24, 2.45) is 5.92 Å². The molecular formula is C14H19BrClN. The van der Waals surface area contributed by atoms with Crippen LogP contribution in [-0.2, 0) is 5.33 Å². The van der Waals surface area contributed by atoms with Crippen molar-refractivity contribution in [3.8, 4) is 0 Å². The maximum absolute atomic E-state index is 6.05. The van der Waals surface area contributed by atoms with Gasteiger partial charge >= 0.3 is 0 Å². The van der Waals surface area contributed by atoms with Gasteiger partial charge in [0.2, 0.25) is 0 Å². The Morgan fingerprint density at radius 1 is 1.41 bits per heavy atom. The number of hydrogen-bond donors (Lipinski definition) is 0. The quantitative estimate of drug-likeness (QED) is 0.704. The lowest BCUT2D eigenvalue weighted by atomic mass is 9.92. The van der Waals surface area contributed by atoms with Crippen LogP contribution in [0, 0.1) is 5.92 Å². The van der Waals surface area contributed by atoms with E-state index in [4.69, 9.17) is 11.6 Å². The van der Waals surface area contributed by atoms with Crippen LogP contribution in [0.25, 0.3) is 0 Å². The fourth-order valence-corrected chi connectivity index (χ4v) is 3.35. The van der Waals surface area contributed by atoms with Crippen LogP contribution in [0.3, 0.4) is 0 Å². The zero-order valence-corrected chi connectivity index (χ0v) is 12.8. The number of nitrogens with zero attached hydrogens (tertiary/aromatic N) is 1. The van der Waals surface area contributed by atoms with E-state index in [9.17, 15) is 0 Å². The third kappa shape index (κ3) is 2.97. The maximum atomic E-state index is 6.05. The molecule has 0 saturated carbocycles. The molecule has 1 aliphatic rings. The second-order valence-corrected chi connectivity index (χ2v) is 6.08. The van der Waals surface area contributed by atoms with Gasteiger partial charge < -0.3 is 4.90 Å². The van der Waals surface area contributed by atoms with E-state index in [1.54, 1.807) is 0 Å². The van der Waals surface area contributed by atoms with Gasteiger partial charge in [-0.15, -0.1) is 0 Å². The van der Waals surface area contributed by atoms with Gasteiger partial charge in [0, 0.05) is 28.6 Å². The van der Waals surface area contributed by atoms with Crippen molar-refractivity contribution in [3.63, 3.8) is 0 Å². The van der Waals surface area contributed by atoms with Gasteiger partial charge in [-0.25, -0.2) is 0 Å². The fourth-order valence-electron chi connectivity index (χ4n) is 2.71. The Balaban J connectivity index is 2.27. The number of piperidine rings is 1. The number of halogens is 2. The van der Waals surface area contributed by atoms with Crippen LogP contribution in [0.15, 0.2) is 18.2 Å². The molecule has 1 nitrogen and oxygen atoms in total. The fraction of sp³-hybridized carbons (Fsp3) is 0.571. The van der Waals surface area contributed by atoms with Gasteiger partial charge in [0.15, 0.2) is 0 Å². The Morgan fingerprint density at radius 2 is 2.18 bits per heavy atom. The summed E-state index contributed by atoms with van der Waals surface area (Å²) >= 11 is 9.61. The molecular weight excluding hydrogens is 298 g/mol.